The molecule has 1 N–H and O–H groups in total. The van der Waals surface area contributed by atoms with Crippen LogP contribution in [0, 0.1) is 5.92 Å². The predicted molar refractivity (Wildman–Crippen MR) is 98.7 cm³/mol. The quantitative estimate of drug-likeness (QED) is 0.824. The first kappa shape index (κ1) is 19.3. The molecule has 1 aromatic rings. The molecule has 0 radical (unpaired) electrons. The van der Waals surface area contributed by atoms with Gasteiger partial charge in [0.2, 0.25) is 5.91 Å². The predicted octanol–water partition coefficient (Wildman–Crippen LogP) is 3.24. The van der Waals surface area contributed by atoms with Gasteiger partial charge in [-0.1, -0.05) is 13.8 Å². The first-order chi connectivity index (χ1) is 11.9. The van der Waals surface area contributed by atoms with E-state index in [9.17, 15) is 9.59 Å². The number of carbonyl (C=O) groups is 2. The summed E-state index contributed by atoms with van der Waals surface area (Å²) in [4.78, 5) is 26.2. The van der Waals surface area contributed by atoms with Crippen LogP contribution in [0.4, 0.5) is 0 Å². The maximum atomic E-state index is 12.3. The van der Waals surface area contributed by atoms with Gasteiger partial charge in [-0.3, -0.25) is 9.59 Å². The zero-order valence-electron chi connectivity index (χ0n) is 15.7. The van der Waals surface area contributed by atoms with Crippen LogP contribution in [-0.2, 0) is 4.79 Å². The number of hydrogen-bond donors (Lipinski definition) is 1. The van der Waals surface area contributed by atoms with Crippen LogP contribution in [0.3, 0.4) is 0 Å². The minimum Gasteiger partial charge on any atom is -0.491 e. The van der Waals surface area contributed by atoms with Crippen molar-refractivity contribution in [2.45, 2.75) is 59.0 Å². The number of benzene rings is 1. The van der Waals surface area contributed by atoms with Crippen molar-refractivity contribution >= 4 is 11.8 Å². The zero-order valence-corrected chi connectivity index (χ0v) is 15.7. The number of likely N-dealkylation sites (tertiary alicyclic amines) is 1. The van der Waals surface area contributed by atoms with E-state index < -0.39 is 0 Å². The van der Waals surface area contributed by atoms with E-state index in [4.69, 9.17) is 4.74 Å². The Balaban J connectivity index is 1.88. The van der Waals surface area contributed by atoms with Crippen molar-refractivity contribution in [3.63, 3.8) is 0 Å². The van der Waals surface area contributed by atoms with Gasteiger partial charge in [-0.05, 0) is 56.9 Å². The summed E-state index contributed by atoms with van der Waals surface area (Å²) in [6.45, 7) is 9.33. The van der Waals surface area contributed by atoms with Crippen molar-refractivity contribution in [3.05, 3.63) is 29.8 Å². The molecule has 138 valence electrons. The monoisotopic (exact) mass is 346 g/mol. The maximum Gasteiger partial charge on any atom is 0.251 e. The molecule has 0 bridgehead atoms. The largest absolute Gasteiger partial charge is 0.491 e. The van der Waals surface area contributed by atoms with E-state index >= 15 is 0 Å². The van der Waals surface area contributed by atoms with E-state index in [0.717, 1.165) is 25.1 Å². The molecule has 0 spiro atoms. The highest BCUT2D eigenvalue weighted by molar-refractivity contribution is 5.94. The Labute approximate surface area is 150 Å². The van der Waals surface area contributed by atoms with E-state index in [0.29, 0.717) is 24.5 Å². The van der Waals surface area contributed by atoms with Crippen LogP contribution in [-0.4, -0.2) is 41.9 Å². The summed E-state index contributed by atoms with van der Waals surface area (Å²) >= 11 is 0. The summed E-state index contributed by atoms with van der Waals surface area (Å²) in [6, 6.07) is 7.41. The van der Waals surface area contributed by atoms with Gasteiger partial charge in [0.25, 0.3) is 5.91 Å². The van der Waals surface area contributed by atoms with E-state index in [1.807, 2.05) is 30.9 Å². The molecule has 25 heavy (non-hydrogen) atoms. The summed E-state index contributed by atoms with van der Waals surface area (Å²) in [7, 11) is 0. The number of carbonyl (C=O) groups excluding carboxylic acids is 2. The molecule has 1 unspecified atom stereocenters. The number of nitrogens with one attached hydrogen (secondary N) is 1. The Morgan fingerprint density at radius 2 is 1.88 bits per heavy atom. The number of nitrogens with zero attached hydrogens (tertiary/aromatic N) is 1. The number of rotatable bonds is 7. The van der Waals surface area contributed by atoms with Crippen LogP contribution in [0.15, 0.2) is 24.3 Å². The van der Waals surface area contributed by atoms with Crippen LogP contribution < -0.4 is 10.1 Å². The SMILES string of the molecule is CC(C)CC(=O)N1CCCC1COc1ccc(C(=O)NC(C)C)cc1. The second kappa shape index (κ2) is 8.88. The molecule has 2 rings (SSSR count). The Bertz CT molecular complexity index is 581. The van der Waals surface area contributed by atoms with Gasteiger partial charge in [0, 0.05) is 24.6 Å². The second-order valence-corrected chi connectivity index (χ2v) is 7.44. The van der Waals surface area contributed by atoms with Gasteiger partial charge in [-0.25, -0.2) is 0 Å². The lowest BCUT2D eigenvalue weighted by Gasteiger charge is -2.25. The van der Waals surface area contributed by atoms with E-state index in [-0.39, 0.29) is 23.9 Å². The molecule has 0 aliphatic carbocycles. The maximum absolute atomic E-state index is 12.3. The molecule has 1 saturated heterocycles. The molecular weight excluding hydrogens is 316 g/mol. The third-order valence-corrected chi connectivity index (χ3v) is 4.26. The Kier molecular flexibility index (Phi) is 6.85. The Hall–Kier alpha value is -2.04. The summed E-state index contributed by atoms with van der Waals surface area (Å²) in [5.41, 5.74) is 0.621. The van der Waals surface area contributed by atoms with Gasteiger partial charge in [-0.15, -0.1) is 0 Å². The van der Waals surface area contributed by atoms with Gasteiger partial charge < -0.3 is 15.0 Å². The molecule has 1 aliphatic rings. The van der Waals surface area contributed by atoms with Gasteiger partial charge >= 0.3 is 0 Å². The minimum absolute atomic E-state index is 0.0807. The fourth-order valence-corrected chi connectivity index (χ4v) is 3.04. The van der Waals surface area contributed by atoms with Crippen LogP contribution >= 0.6 is 0 Å². The van der Waals surface area contributed by atoms with Crippen molar-refractivity contribution in [1.29, 1.82) is 0 Å². The lowest BCUT2D eigenvalue weighted by Crippen LogP contribution is -2.39. The minimum atomic E-state index is -0.0807. The molecular formula is C20H30N2O3. The van der Waals surface area contributed by atoms with Gasteiger partial charge in [0.05, 0.1) is 6.04 Å². The molecule has 1 aliphatic heterocycles. The molecule has 5 heteroatoms. The van der Waals surface area contributed by atoms with E-state index in [1.165, 1.54) is 0 Å². The third-order valence-electron chi connectivity index (χ3n) is 4.26. The standard InChI is InChI=1S/C20H30N2O3/c1-14(2)12-19(23)22-11-5-6-17(22)13-25-18-9-7-16(8-10-18)20(24)21-15(3)4/h7-10,14-15,17H,5-6,11-13H2,1-4H3,(H,21,24). The summed E-state index contributed by atoms with van der Waals surface area (Å²) in [5, 5.41) is 2.87. The highest BCUT2D eigenvalue weighted by Gasteiger charge is 2.29. The molecule has 1 atom stereocenters. The fraction of sp³-hybridized carbons (Fsp3) is 0.600. The molecule has 5 nitrogen and oxygen atoms in total. The molecule has 1 fully saturated rings. The average molecular weight is 346 g/mol. The Morgan fingerprint density at radius 3 is 2.48 bits per heavy atom. The topological polar surface area (TPSA) is 58.6 Å². The van der Waals surface area contributed by atoms with Crippen LogP contribution in [0.25, 0.3) is 0 Å². The number of ether oxygens (including phenoxy) is 1. The summed E-state index contributed by atoms with van der Waals surface area (Å²) in [6.07, 6.45) is 2.61. The van der Waals surface area contributed by atoms with Crippen LogP contribution in [0.1, 0.15) is 57.3 Å². The van der Waals surface area contributed by atoms with Gasteiger partial charge in [0.1, 0.15) is 12.4 Å². The van der Waals surface area contributed by atoms with Crippen molar-refractivity contribution in [3.8, 4) is 5.75 Å². The zero-order chi connectivity index (χ0) is 18.4. The van der Waals surface area contributed by atoms with E-state index in [2.05, 4.69) is 19.2 Å². The fourth-order valence-electron chi connectivity index (χ4n) is 3.04. The molecule has 1 heterocycles. The summed E-state index contributed by atoms with van der Waals surface area (Å²) < 4.78 is 5.87. The molecule has 2 amide bonds. The molecule has 0 aromatic heterocycles. The normalized spacial score (nSPS) is 17.2. The highest BCUT2D eigenvalue weighted by atomic mass is 16.5. The van der Waals surface area contributed by atoms with Crippen molar-refractivity contribution < 1.29 is 14.3 Å². The lowest BCUT2D eigenvalue weighted by atomic mass is 10.1. The van der Waals surface area contributed by atoms with Crippen LogP contribution in [0.2, 0.25) is 0 Å². The first-order valence-corrected chi connectivity index (χ1v) is 9.20. The summed E-state index contributed by atoms with van der Waals surface area (Å²) in [5.74, 6) is 1.24. The Morgan fingerprint density at radius 1 is 1.20 bits per heavy atom. The van der Waals surface area contributed by atoms with Crippen molar-refractivity contribution in [1.82, 2.24) is 10.2 Å². The van der Waals surface area contributed by atoms with E-state index in [1.54, 1.807) is 12.1 Å². The van der Waals surface area contributed by atoms with Crippen molar-refractivity contribution in [2.75, 3.05) is 13.2 Å². The van der Waals surface area contributed by atoms with Gasteiger partial charge in [-0.2, -0.15) is 0 Å². The number of amides is 2. The molecule has 1 aromatic carbocycles. The smallest absolute Gasteiger partial charge is 0.251 e. The highest BCUT2D eigenvalue weighted by Crippen LogP contribution is 2.21. The number of hydrogen-bond acceptors (Lipinski definition) is 3. The first-order valence-electron chi connectivity index (χ1n) is 9.20. The van der Waals surface area contributed by atoms with Crippen molar-refractivity contribution in [2.24, 2.45) is 5.92 Å². The average Bonchev–Trinajstić information content (AvgIpc) is 3.00. The van der Waals surface area contributed by atoms with Gasteiger partial charge in [0.15, 0.2) is 0 Å². The third kappa shape index (κ3) is 5.76. The molecule has 0 saturated carbocycles. The lowest BCUT2D eigenvalue weighted by molar-refractivity contribution is -0.133. The van der Waals surface area contributed by atoms with Crippen LogP contribution in [0.5, 0.6) is 5.75 Å². The second-order valence-electron chi connectivity index (χ2n) is 7.44.